The molecule has 0 fully saturated rings. The molecule has 0 aliphatic rings. The van der Waals surface area contributed by atoms with Gasteiger partial charge in [0.05, 0.1) is 0 Å². The van der Waals surface area contributed by atoms with Crippen molar-refractivity contribution >= 4 is 41.0 Å². The first-order chi connectivity index (χ1) is 16.0. The Morgan fingerprint density at radius 3 is 2.44 bits per heavy atom. The second-order valence-electron chi connectivity index (χ2n) is 6.86. The molecule has 1 heterocycles. The second-order valence-corrected chi connectivity index (χ2v) is 13.3. The van der Waals surface area contributed by atoms with Crippen LogP contribution < -0.4 is 10.6 Å². The topological polar surface area (TPSA) is 69.8 Å². The van der Waals surface area contributed by atoms with E-state index in [-0.39, 0.29) is 22.9 Å². The molecule has 0 spiro atoms. The van der Waals surface area contributed by atoms with Gasteiger partial charge in [-0.25, -0.2) is 0 Å². The number of nitrogens with zero attached hydrogens (tertiary/aromatic N) is 1. The predicted octanol–water partition coefficient (Wildman–Crippen LogP) is 6.35. The van der Waals surface area contributed by atoms with Crippen molar-refractivity contribution in [2.24, 2.45) is 0 Å². The van der Waals surface area contributed by atoms with E-state index in [2.05, 4.69) is 15.7 Å². The van der Waals surface area contributed by atoms with Gasteiger partial charge in [0.25, 0.3) is 0 Å². The number of hydrogen-bond acceptors (Lipinski definition) is 4. The van der Waals surface area contributed by atoms with Gasteiger partial charge in [-0.05, 0) is 0 Å². The molecule has 0 radical (unpaired) electrons. The molecule has 3 N–H and O–H groups in total. The zero-order valence-electron chi connectivity index (χ0n) is 17.4. The van der Waals surface area contributed by atoms with E-state index >= 15 is 0 Å². The minimum atomic E-state index is -4.65. The minimum absolute atomic E-state index is 0.0441. The first-order valence-electron chi connectivity index (χ1n) is 9.69. The molecule has 2 aromatic carbocycles. The third kappa shape index (κ3) is 6.42. The Labute approximate surface area is 202 Å². The van der Waals surface area contributed by atoms with Crippen LogP contribution in [0.3, 0.4) is 0 Å². The van der Waals surface area contributed by atoms with E-state index in [1.165, 1.54) is 12.1 Å². The molecule has 0 saturated heterocycles. The summed E-state index contributed by atoms with van der Waals surface area (Å²) in [5.74, 6) is -3.00. The Hall–Kier alpha value is -2.32. The van der Waals surface area contributed by atoms with E-state index in [0.29, 0.717) is 9.99 Å². The average molecular weight is 619 g/mol. The fraction of sp³-hybridized carbons (Fsp3) is 0.238. The third-order valence-electron chi connectivity index (χ3n) is 4.56. The molecule has 0 aliphatic carbocycles. The van der Waals surface area contributed by atoms with E-state index in [0.717, 1.165) is 30.3 Å². The number of alkyl halides is 5. The number of hydrogen-bond donors (Lipinski definition) is 3. The number of aromatic nitrogens is 2. The van der Waals surface area contributed by atoms with Gasteiger partial charge < -0.3 is 0 Å². The molecule has 184 valence electrons. The number of carbonyl (C=O) groups is 1. The van der Waals surface area contributed by atoms with Crippen LogP contribution in [0.15, 0.2) is 42.5 Å². The van der Waals surface area contributed by atoms with E-state index in [4.69, 9.17) is 11.6 Å². The van der Waals surface area contributed by atoms with Crippen LogP contribution in [0.5, 0.6) is 0 Å². The molecular formula is C21H18ClF6IN4O. The Morgan fingerprint density at radius 2 is 1.85 bits per heavy atom. The zero-order chi connectivity index (χ0) is 25.0. The molecular weight excluding hydrogens is 601 g/mol. The molecule has 0 amide bonds. The van der Waals surface area contributed by atoms with Gasteiger partial charge in [-0.3, -0.25) is 0 Å². The fourth-order valence-corrected chi connectivity index (χ4v) is 7.83. The Morgan fingerprint density at radius 1 is 1.12 bits per heavy atom. The SMILES string of the molecule is CCI(C(=O)c1ccc(F)c(F)c1)C(NCc1ccc(F)cc1Cl)Nc1cc(C(F)(F)F)[nH]n1. The van der Waals surface area contributed by atoms with Gasteiger partial charge in [-0.2, -0.15) is 0 Å². The van der Waals surface area contributed by atoms with Crippen molar-refractivity contribution in [3.8, 4) is 0 Å². The summed E-state index contributed by atoms with van der Waals surface area (Å²) in [5, 5.41) is 11.5. The van der Waals surface area contributed by atoms with Gasteiger partial charge >= 0.3 is 203 Å². The molecule has 1 unspecified atom stereocenters. The van der Waals surface area contributed by atoms with Crippen LogP contribution in [0.2, 0.25) is 5.02 Å². The molecule has 5 nitrogen and oxygen atoms in total. The van der Waals surface area contributed by atoms with Gasteiger partial charge in [0.1, 0.15) is 0 Å². The molecule has 0 bridgehead atoms. The van der Waals surface area contributed by atoms with Gasteiger partial charge in [-0.15, -0.1) is 0 Å². The molecule has 0 saturated carbocycles. The summed E-state index contributed by atoms with van der Waals surface area (Å²) in [6, 6.07) is 7.27. The summed E-state index contributed by atoms with van der Waals surface area (Å²) < 4.78 is 78.3. The van der Waals surface area contributed by atoms with Gasteiger partial charge in [0, 0.05) is 0 Å². The number of nitrogens with one attached hydrogen (secondary N) is 3. The normalized spacial score (nSPS) is 13.0. The van der Waals surface area contributed by atoms with E-state index < -0.39 is 57.1 Å². The average Bonchev–Trinajstić information content (AvgIpc) is 3.24. The van der Waals surface area contributed by atoms with Crippen molar-refractivity contribution in [2.45, 2.75) is 23.8 Å². The zero-order valence-corrected chi connectivity index (χ0v) is 20.3. The molecule has 1 aromatic heterocycles. The molecule has 13 heteroatoms. The third-order valence-corrected chi connectivity index (χ3v) is 10.7. The van der Waals surface area contributed by atoms with Crippen LogP contribution in [0, 0.1) is 17.5 Å². The number of halogens is 8. The first-order valence-corrected chi connectivity index (χ1v) is 13.9. The Balaban J connectivity index is 1.89. The molecule has 0 aliphatic heterocycles. The first kappa shape index (κ1) is 26.3. The number of benzene rings is 2. The summed E-state index contributed by atoms with van der Waals surface area (Å²) >= 11 is 3.18. The Bertz CT molecular complexity index is 1170. The summed E-state index contributed by atoms with van der Waals surface area (Å²) in [4.78, 5) is 13.2. The molecule has 3 rings (SSSR count). The van der Waals surface area contributed by atoms with E-state index in [1.54, 1.807) is 6.92 Å². The van der Waals surface area contributed by atoms with Gasteiger partial charge in [-0.1, -0.05) is 0 Å². The summed E-state index contributed by atoms with van der Waals surface area (Å²) in [6.45, 7) is 1.77. The second kappa shape index (κ2) is 11.0. The van der Waals surface area contributed by atoms with Crippen molar-refractivity contribution in [2.75, 3.05) is 9.74 Å². The standard InChI is InChI=1S/C21H18ClF6IN4O/c1-2-29(19(34)11-4-6-15(24)16(25)7-11)20(30-10-12-3-5-13(23)8-14(12)22)31-18-9-17(32-33-18)21(26,27)28/h3-9,20,30H,2,10H2,1H3,(H2,31,32,33). The van der Waals surface area contributed by atoms with Crippen LogP contribution in [0.25, 0.3) is 0 Å². The molecule has 1 atom stereocenters. The summed E-state index contributed by atoms with van der Waals surface area (Å²) in [5.41, 5.74) is -0.642. The molecule has 34 heavy (non-hydrogen) atoms. The number of anilines is 1. The van der Waals surface area contributed by atoms with E-state index in [9.17, 15) is 31.1 Å². The summed E-state index contributed by atoms with van der Waals surface area (Å²) in [6.07, 6.45) is -4.65. The van der Waals surface area contributed by atoms with Crippen molar-refractivity contribution in [1.82, 2.24) is 15.5 Å². The maximum absolute atomic E-state index is 13.7. The van der Waals surface area contributed by atoms with Gasteiger partial charge in [0.2, 0.25) is 0 Å². The van der Waals surface area contributed by atoms with Crippen LogP contribution in [0.1, 0.15) is 28.5 Å². The maximum atomic E-state index is 13.7. The number of rotatable bonds is 9. The monoisotopic (exact) mass is 618 g/mol. The van der Waals surface area contributed by atoms with Crippen LogP contribution in [0.4, 0.5) is 32.2 Å². The van der Waals surface area contributed by atoms with Gasteiger partial charge in [0.15, 0.2) is 0 Å². The predicted molar refractivity (Wildman–Crippen MR) is 124 cm³/mol. The Kier molecular flexibility index (Phi) is 8.47. The van der Waals surface area contributed by atoms with E-state index in [1.807, 2.05) is 5.10 Å². The van der Waals surface area contributed by atoms with Crippen LogP contribution >= 0.6 is 31.4 Å². The number of aromatic amines is 1. The van der Waals surface area contributed by atoms with Crippen molar-refractivity contribution < 1.29 is 31.1 Å². The quantitative estimate of drug-likeness (QED) is 0.0653. The van der Waals surface area contributed by atoms with Crippen LogP contribution in [-0.4, -0.2) is 22.6 Å². The van der Waals surface area contributed by atoms with Crippen LogP contribution in [-0.2, 0) is 12.7 Å². The number of H-pyrrole nitrogens is 1. The van der Waals surface area contributed by atoms with Crippen molar-refractivity contribution in [3.05, 3.63) is 81.8 Å². The fourth-order valence-electron chi connectivity index (χ4n) is 2.88. The summed E-state index contributed by atoms with van der Waals surface area (Å²) in [7, 11) is 0. The van der Waals surface area contributed by atoms with Crippen molar-refractivity contribution in [3.63, 3.8) is 0 Å². The number of carbonyl (C=O) groups excluding carboxylic acids is 1. The van der Waals surface area contributed by atoms with Crippen molar-refractivity contribution in [1.29, 1.82) is 0 Å². The molecule has 3 aromatic rings.